The van der Waals surface area contributed by atoms with Crippen LogP contribution < -0.4 is 10.2 Å². The van der Waals surface area contributed by atoms with Gasteiger partial charge in [-0.1, -0.05) is 6.92 Å². The van der Waals surface area contributed by atoms with Gasteiger partial charge in [-0.2, -0.15) is 0 Å². The zero-order valence-electron chi connectivity index (χ0n) is 11.7. The largest absolute Gasteiger partial charge is 0.352 e. The lowest BCUT2D eigenvalue weighted by Gasteiger charge is -2.28. The number of hydrogen-bond acceptors (Lipinski definition) is 5. The van der Waals surface area contributed by atoms with Gasteiger partial charge in [0.1, 0.15) is 5.82 Å². The van der Waals surface area contributed by atoms with E-state index in [1.807, 2.05) is 17.9 Å². The van der Waals surface area contributed by atoms with Crippen LogP contribution in [-0.4, -0.2) is 45.7 Å². The van der Waals surface area contributed by atoms with Crippen molar-refractivity contribution in [3.05, 3.63) is 12.2 Å². The summed E-state index contributed by atoms with van der Waals surface area (Å²) >= 11 is 0. The quantitative estimate of drug-likeness (QED) is 0.901. The number of halogens is 2. The minimum absolute atomic E-state index is 0. The Balaban J connectivity index is 0.000001000. The summed E-state index contributed by atoms with van der Waals surface area (Å²) in [5.74, 6) is 1.87. The number of imidazole rings is 1. The monoisotopic (exact) mass is 318 g/mol. The van der Waals surface area contributed by atoms with Crippen molar-refractivity contribution in [3.63, 3.8) is 0 Å². The predicted octanol–water partition coefficient (Wildman–Crippen LogP) is 1.18. The van der Waals surface area contributed by atoms with E-state index in [9.17, 15) is 0 Å². The minimum Gasteiger partial charge on any atom is -0.352 e. The molecule has 1 aliphatic heterocycles. The highest BCUT2D eigenvalue weighted by molar-refractivity contribution is 5.85. The van der Waals surface area contributed by atoms with Crippen molar-refractivity contribution in [2.75, 3.05) is 31.1 Å². The summed E-state index contributed by atoms with van der Waals surface area (Å²) in [5, 5.41) is 3.36. The molecule has 1 saturated heterocycles. The lowest BCUT2D eigenvalue weighted by molar-refractivity contribution is 0.585. The van der Waals surface area contributed by atoms with Crippen LogP contribution in [0.2, 0.25) is 0 Å². The molecule has 112 valence electrons. The lowest BCUT2D eigenvalue weighted by Crippen LogP contribution is -2.44. The molecule has 2 aromatic rings. The lowest BCUT2D eigenvalue weighted by atomic mass is 10.3. The molecule has 8 heteroatoms. The molecule has 0 unspecified atom stereocenters. The van der Waals surface area contributed by atoms with Crippen LogP contribution in [-0.2, 0) is 13.5 Å². The Morgan fingerprint density at radius 1 is 1.20 bits per heavy atom. The third kappa shape index (κ3) is 2.97. The average Bonchev–Trinajstić information content (AvgIpc) is 2.80. The maximum atomic E-state index is 4.67. The van der Waals surface area contributed by atoms with Crippen molar-refractivity contribution in [2.24, 2.45) is 7.05 Å². The summed E-state index contributed by atoms with van der Waals surface area (Å²) in [6.07, 6.45) is 2.66. The third-order valence-electron chi connectivity index (χ3n) is 3.32. The fourth-order valence-corrected chi connectivity index (χ4v) is 2.29. The van der Waals surface area contributed by atoms with Gasteiger partial charge in [0, 0.05) is 39.6 Å². The summed E-state index contributed by atoms with van der Waals surface area (Å²) in [6, 6.07) is 0. The van der Waals surface area contributed by atoms with Crippen LogP contribution in [0.5, 0.6) is 0 Å². The topological polar surface area (TPSA) is 58.9 Å². The van der Waals surface area contributed by atoms with E-state index in [-0.39, 0.29) is 24.8 Å². The first-order valence-electron chi connectivity index (χ1n) is 6.43. The summed E-state index contributed by atoms with van der Waals surface area (Å²) in [4.78, 5) is 16.0. The highest BCUT2D eigenvalue weighted by Crippen LogP contribution is 2.22. The Bertz CT molecular complexity index is 564. The smallest absolute Gasteiger partial charge is 0.165 e. The molecule has 3 rings (SSSR count). The van der Waals surface area contributed by atoms with Crippen LogP contribution in [0.1, 0.15) is 12.7 Å². The second kappa shape index (κ2) is 7.06. The van der Waals surface area contributed by atoms with Crippen molar-refractivity contribution in [1.29, 1.82) is 0 Å². The van der Waals surface area contributed by atoms with Crippen LogP contribution in [0.15, 0.2) is 6.33 Å². The Morgan fingerprint density at radius 2 is 1.90 bits per heavy atom. The van der Waals surface area contributed by atoms with E-state index in [2.05, 4.69) is 32.1 Å². The zero-order valence-corrected chi connectivity index (χ0v) is 13.3. The maximum Gasteiger partial charge on any atom is 0.165 e. The van der Waals surface area contributed by atoms with Gasteiger partial charge in [-0.25, -0.2) is 15.0 Å². The average molecular weight is 319 g/mol. The Kier molecular flexibility index (Phi) is 5.98. The molecule has 2 aromatic heterocycles. The highest BCUT2D eigenvalue weighted by atomic mass is 35.5. The molecule has 1 aliphatic rings. The fourth-order valence-electron chi connectivity index (χ4n) is 2.29. The molecule has 0 atom stereocenters. The molecule has 0 spiro atoms. The number of nitrogens with one attached hydrogen (secondary N) is 1. The van der Waals surface area contributed by atoms with Crippen molar-refractivity contribution in [1.82, 2.24) is 24.8 Å². The van der Waals surface area contributed by atoms with E-state index in [0.29, 0.717) is 0 Å². The van der Waals surface area contributed by atoms with E-state index in [0.717, 1.165) is 55.4 Å². The normalized spacial score (nSPS) is 14.8. The molecular formula is C12H20Cl2N6. The molecule has 6 nitrogen and oxygen atoms in total. The van der Waals surface area contributed by atoms with Crippen LogP contribution in [0.25, 0.3) is 11.2 Å². The van der Waals surface area contributed by atoms with Gasteiger partial charge in [0.25, 0.3) is 0 Å². The number of fused-ring (bicyclic) bond motifs is 1. The Morgan fingerprint density at radius 3 is 2.55 bits per heavy atom. The summed E-state index contributed by atoms with van der Waals surface area (Å²) in [7, 11) is 1.98. The van der Waals surface area contributed by atoms with Gasteiger partial charge >= 0.3 is 0 Å². The van der Waals surface area contributed by atoms with Crippen LogP contribution in [0.4, 0.5) is 5.82 Å². The first-order chi connectivity index (χ1) is 8.79. The molecule has 0 radical (unpaired) electrons. The van der Waals surface area contributed by atoms with Crippen LogP contribution in [0, 0.1) is 0 Å². The van der Waals surface area contributed by atoms with E-state index < -0.39 is 0 Å². The molecule has 0 bridgehead atoms. The second-order valence-corrected chi connectivity index (χ2v) is 4.58. The predicted molar refractivity (Wildman–Crippen MR) is 85.3 cm³/mol. The standard InChI is InChI=1S/C12H18N6.2ClH/c1-3-9-15-11-10(14-8-17(11)2)12(16-9)18-6-4-13-5-7-18;;/h8,13H,3-7H2,1-2H3;2*1H. The molecule has 3 heterocycles. The van der Waals surface area contributed by atoms with E-state index in [1.54, 1.807) is 0 Å². The van der Waals surface area contributed by atoms with E-state index in [1.165, 1.54) is 0 Å². The van der Waals surface area contributed by atoms with Gasteiger partial charge in [-0.3, -0.25) is 0 Å². The second-order valence-electron chi connectivity index (χ2n) is 4.58. The molecular weight excluding hydrogens is 299 g/mol. The molecule has 0 aliphatic carbocycles. The minimum atomic E-state index is 0. The van der Waals surface area contributed by atoms with Gasteiger partial charge < -0.3 is 14.8 Å². The molecule has 20 heavy (non-hydrogen) atoms. The maximum absolute atomic E-state index is 4.67. The fraction of sp³-hybridized carbons (Fsp3) is 0.583. The Hall–Kier alpha value is -1.11. The number of piperazine rings is 1. The third-order valence-corrected chi connectivity index (χ3v) is 3.32. The highest BCUT2D eigenvalue weighted by Gasteiger charge is 2.18. The van der Waals surface area contributed by atoms with Crippen LogP contribution >= 0.6 is 24.8 Å². The van der Waals surface area contributed by atoms with Gasteiger partial charge in [0.2, 0.25) is 0 Å². The number of hydrogen-bond donors (Lipinski definition) is 1. The summed E-state index contributed by atoms with van der Waals surface area (Å²) in [5.41, 5.74) is 1.84. The molecule has 1 fully saturated rings. The van der Waals surface area contributed by atoms with Crippen molar-refractivity contribution in [3.8, 4) is 0 Å². The summed E-state index contributed by atoms with van der Waals surface area (Å²) in [6.45, 7) is 6.04. The van der Waals surface area contributed by atoms with Crippen molar-refractivity contribution >= 4 is 41.8 Å². The van der Waals surface area contributed by atoms with Gasteiger partial charge in [-0.15, -0.1) is 24.8 Å². The summed E-state index contributed by atoms with van der Waals surface area (Å²) < 4.78 is 1.96. The SMILES string of the molecule is CCc1nc(N2CCNCC2)c2ncn(C)c2n1.Cl.Cl. The number of rotatable bonds is 2. The van der Waals surface area contributed by atoms with Crippen LogP contribution in [0.3, 0.4) is 0 Å². The molecule has 1 N–H and O–H groups in total. The van der Waals surface area contributed by atoms with Crippen molar-refractivity contribution in [2.45, 2.75) is 13.3 Å². The van der Waals surface area contributed by atoms with E-state index >= 15 is 0 Å². The zero-order chi connectivity index (χ0) is 12.5. The van der Waals surface area contributed by atoms with E-state index in [4.69, 9.17) is 0 Å². The first kappa shape index (κ1) is 16.9. The Labute approximate surface area is 130 Å². The van der Waals surface area contributed by atoms with Gasteiger partial charge in [0.05, 0.1) is 6.33 Å². The number of nitrogens with zero attached hydrogens (tertiary/aromatic N) is 5. The number of aryl methyl sites for hydroxylation is 2. The molecule has 0 aromatic carbocycles. The van der Waals surface area contributed by atoms with Crippen molar-refractivity contribution < 1.29 is 0 Å². The number of anilines is 1. The molecule has 0 saturated carbocycles. The first-order valence-corrected chi connectivity index (χ1v) is 6.43. The van der Waals surface area contributed by atoms with Gasteiger partial charge in [-0.05, 0) is 0 Å². The molecule has 0 amide bonds. The number of aromatic nitrogens is 4. The van der Waals surface area contributed by atoms with Gasteiger partial charge in [0.15, 0.2) is 17.0 Å².